The van der Waals surface area contributed by atoms with Crippen molar-refractivity contribution in [3.8, 4) is 0 Å². The highest BCUT2D eigenvalue weighted by molar-refractivity contribution is 7.99. The van der Waals surface area contributed by atoms with Crippen molar-refractivity contribution >= 4 is 52.7 Å². The van der Waals surface area contributed by atoms with Gasteiger partial charge >= 0.3 is 0 Å². The standard InChI is InChI=1S/C25H20N2O2S2/c1-16-6-10-20(11-7-16)31-21-12-8-18(9-13-21)15-22-23(28)26-25(30)27(24(22)29)19-5-3-4-17(2)14-19/h3-15H,1-2H3,(H,26,28,30)/b22-15+. The van der Waals surface area contributed by atoms with Crippen molar-refractivity contribution in [3.63, 3.8) is 0 Å². The minimum absolute atomic E-state index is 0.0500. The van der Waals surface area contributed by atoms with E-state index in [4.69, 9.17) is 12.2 Å². The Morgan fingerprint density at radius 2 is 1.52 bits per heavy atom. The van der Waals surface area contributed by atoms with Crippen molar-refractivity contribution in [3.05, 3.63) is 95.1 Å². The third-order valence-corrected chi connectivity index (χ3v) is 6.11. The molecular weight excluding hydrogens is 424 g/mol. The molecule has 31 heavy (non-hydrogen) atoms. The van der Waals surface area contributed by atoms with Crippen molar-refractivity contribution in [2.45, 2.75) is 23.6 Å². The van der Waals surface area contributed by atoms with Gasteiger partial charge in [-0.1, -0.05) is 53.7 Å². The summed E-state index contributed by atoms with van der Waals surface area (Å²) in [7, 11) is 0. The van der Waals surface area contributed by atoms with Gasteiger partial charge in [-0.15, -0.1) is 0 Å². The van der Waals surface area contributed by atoms with Crippen LogP contribution in [0.4, 0.5) is 5.69 Å². The molecule has 6 heteroatoms. The van der Waals surface area contributed by atoms with Crippen LogP contribution in [-0.4, -0.2) is 16.9 Å². The lowest BCUT2D eigenvalue weighted by molar-refractivity contribution is -0.122. The molecule has 1 aliphatic rings. The van der Waals surface area contributed by atoms with Gasteiger partial charge in [-0.3, -0.25) is 19.8 Å². The van der Waals surface area contributed by atoms with Crippen LogP contribution in [0.2, 0.25) is 0 Å². The maximum Gasteiger partial charge on any atom is 0.270 e. The van der Waals surface area contributed by atoms with E-state index in [2.05, 4.69) is 36.5 Å². The van der Waals surface area contributed by atoms with Crippen LogP contribution in [0.5, 0.6) is 0 Å². The summed E-state index contributed by atoms with van der Waals surface area (Å²) in [6, 6.07) is 23.5. The molecule has 0 atom stereocenters. The average Bonchev–Trinajstić information content (AvgIpc) is 2.74. The lowest BCUT2D eigenvalue weighted by atomic mass is 10.1. The number of nitrogens with one attached hydrogen (secondary N) is 1. The number of amides is 2. The maximum absolute atomic E-state index is 13.1. The predicted octanol–water partition coefficient (Wildman–Crippen LogP) is 5.29. The van der Waals surface area contributed by atoms with E-state index in [1.807, 2.05) is 49.4 Å². The number of thiocarbonyl (C=S) groups is 1. The molecule has 1 fully saturated rings. The summed E-state index contributed by atoms with van der Waals surface area (Å²) in [5.74, 6) is -0.922. The molecule has 1 saturated heterocycles. The molecule has 0 bridgehead atoms. The molecule has 0 unspecified atom stereocenters. The first-order valence-electron chi connectivity index (χ1n) is 9.73. The van der Waals surface area contributed by atoms with Crippen LogP contribution in [0.25, 0.3) is 6.08 Å². The van der Waals surface area contributed by atoms with Crippen LogP contribution in [0.15, 0.2) is 88.2 Å². The third-order valence-electron chi connectivity index (χ3n) is 4.81. The van der Waals surface area contributed by atoms with Crippen molar-refractivity contribution < 1.29 is 9.59 Å². The molecule has 0 aromatic heterocycles. The van der Waals surface area contributed by atoms with E-state index in [0.29, 0.717) is 5.69 Å². The van der Waals surface area contributed by atoms with Gasteiger partial charge < -0.3 is 0 Å². The Balaban J connectivity index is 1.57. The average molecular weight is 445 g/mol. The second-order valence-electron chi connectivity index (χ2n) is 7.28. The quantitative estimate of drug-likeness (QED) is 0.338. The highest BCUT2D eigenvalue weighted by atomic mass is 32.2. The van der Waals surface area contributed by atoms with E-state index in [1.165, 1.54) is 10.5 Å². The van der Waals surface area contributed by atoms with Crippen LogP contribution in [0, 0.1) is 13.8 Å². The molecule has 3 aromatic carbocycles. The number of aryl methyl sites for hydroxylation is 2. The summed E-state index contributed by atoms with van der Waals surface area (Å²) in [5, 5.41) is 2.71. The van der Waals surface area contributed by atoms with Crippen molar-refractivity contribution in [2.24, 2.45) is 0 Å². The summed E-state index contributed by atoms with van der Waals surface area (Å²) in [4.78, 5) is 29.2. The van der Waals surface area contributed by atoms with E-state index in [-0.39, 0.29) is 10.7 Å². The molecule has 154 valence electrons. The van der Waals surface area contributed by atoms with E-state index in [1.54, 1.807) is 23.9 Å². The normalized spacial score (nSPS) is 15.4. The summed E-state index contributed by atoms with van der Waals surface area (Å²) < 4.78 is 0. The molecule has 1 aliphatic heterocycles. The van der Waals surface area contributed by atoms with Crippen LogP contribution < -0.4 is 10.2 Å². The van der Waals surface area contributed by atoms with Crippen molar-refractivity contribution in [1.82, 2.24) is 5.32 Å². The maximum atomic E-state index is 13.1. The smallest absolute Gasteiger partial charge is 0.270 e. The first-order valence-corrected chi connectivity index (χ1v) is 11.0. The molecule has 0 aliphatic carbocycles. The Kier molecular flexibility index (Phi) is 6.02. The van der Waals surface area contributed by atoms with Crippen LogP contribution in [0.3, 0.4) is 0 Å². The largest absolute Gasteiger partial charge is 0.298 e. The highest BCUT2D eigenvalue weighted by Crippen LogP contribution is 2.29. The number of carbonyl (C=O) groups is 2. The first kappa shape index (κ1) is 21.0. The Hall–Kier alpha value is -3.22. The van der Waals surface area contributed by atoms with Gasteiger partial charge in [0.2, 0.25) is 0 Å². The lowest BCUT2D eigenvalue weighted by Crippen LogP contribution is -2.54. The van der Waals surface area contributed by atoms with Gasteiger partial charge in [-0.05, 0) is 79.7 Å². The van der Waals surface area contributed by atoms with Crippen LogP contribution >= 0.6 is 24.0 Å². The van der Waals surface area contributed by atoms with E-state index >= 15 is 0 Å². The number of nitrogens with zero attached hydrogens (tertiary/aromatic N) is 1. The Bertz CT molecular complexity index is 1200. The van der Waals surface area contributed by atoms with E-state index < -0.39 is 11.8 Å². The molecule has 1 N–H and O–H groups in total. The van der Waals surface area contributed by atoms with Gasteiger partial charge in [0.15, 0.2) is 5.11 Å². The first-order chi connectivity index (χ1) is 14.9. The Labute approximate surface area is 191 Å². The molecule has 0 radical (unpaired) electrons. The SMILES string of the molecule is Cc1ccc(Sc2ccc(/C=C3\C(=O)NC(=S)N(c4cccc(C)c4)C3=O)cc2)cc1. The number of benzene rings is 3. The molecular formula is C25H20N2O2S2. The van der Waals surface area contributed by atoms with Crippen molar-refractivity contribution in [1.29, 1.82) is 0 Å². The second kappa shape index (κ2) is 8.88. The van der Waals surface area contributed by atoms with E-state index in [0.717, 1.165) is 20.9 Å². The highest BCUT2D eigenvalue weighted by Gasteiger charge is 2.34. The monoisotopic (exact) mass is 444 g/mol. The molecule has 2 amide bonds. The molecule has 4 rings (SSSR count). The fraction of sp³-hybridized carbons (Fsp3) is 0.0800. The van der Waals surface area contributed by atoms with Crippen molar-refractivity contribution in [2.75, 3.05) is 4.90 Å². The molecule has 1 heterocycles. The number of anilines is 1. The van der Waals surface area contributed by atoms with Gasteiger partial charge in [0.1, 0.15) is 5.57 Å². The fourth-order valence-electron chi connectivity index (χ4n) is 3.20. The van der Waals surface area contributed by atoms with Gasteiger partial charge in [-0.2, -0.15) is 0 Å². The summed E-state index contributed by atoms with van der Waals surface area (Å²) in [6.07, 6.45) is 1.60. The zero-order chi connectivity index (χ0) is 22.0. The van der Waals surface area contributed by atoms with Gasteiger partial charge in [0.25, 0.3) is 11.8 Å². The topological polar surface area (TPSA) is 49.4 Å². The van der Waals surface area contributed by atoms with Crippen LogP contribution in [-0.2, 0) is 9.59 Å². The predicted molar refractivity (Wildman–Crippen MR) is 129 cm³/mol. The number of hydrogen-bond acceptors (Lipinski definition) is 4. The summed E-state index contributed by atoms with van der Waals surface area (Å²) >= 11 is 6.91. The zero-order valence-electron chi connectivity index (χ0n) is 17.1. The Morgan fingerprint density at radius 3 is 2.16 bits per heavy atom. The zero-order valence-corrected chi connectivity index (χ0v) is 18.7. The third kappa shape index (κ3) is 4.76. The molecule has 0 saturated carbocycles. The Morgan fingerprint density at radius 1 is 0.871 bits per heavy atom. The summed E-state index contributed by atoms with van der Waals surface area (Å²) in [5.41, 5.74) is 3.67. The fourth-order valence-corrected chi connectivity index (χ4v) is 4.30. The molecule has 0 spiro atoms. The molecule has 3 aromatic rings. The number of hydrogen-bond donors (Lipinski definition) is 1. The van der Waals surface area contributed by atoms with Gasteiger partial charge in [-0.25, -0.2) is 0 Å². The minimum atomic E-state index is -0.489. The number of rotatable bonds is 4. The lowest BCUT2D eigenvalue weighted by Gasteiger charge is -2.29. The van der Waals surface area contributed by atoms with E-state index in [9.17, 15) is 9.59 Å². The summed E-state index contributed by atoms with van der Waals surface area (Å²) in [6.45, 7) is 4.00. The van der Waals surface area contributed by atoms with Crippen LogP contribution in [0.1, 0.15) is 16.7 Å². The second-order valence-corrected chi connectivity index (χ2v) is 8.81. The minimum Gasteiger partial charge on any atom is -0.298 e. The molecule has 4 nitrogen and oxygen atoms in total. The van der Waals surface area contributed by atoms with Gasteiger partial charge in [0, 0.05) is 9.79 Å². The van der Waals surface area contributed by atoms with Gasteiger partial charge in [0.05, 0.1) is 5.69 Å². The number of carbonyl (C=O) groups excluding carboxylic acids is 2.